The Hall–Kier alpha value is -1.47. The van der Waals surface area contributed by atoms with Crippen molar-refractivity contribution in [3.8, 4) is 6.07 Å². The number of nitrogens with zero attached hydrogens (tertiary/aromatic N) is 3. The SMILES string of the molecule is N#Cc1nc(CBr)nc2ccccc12. The summed E-state index contributed by atoms with van der Waals surface area (Å²) in [7, 11) is 0. The van der Waals surface area contributed by atoms with Crippen LogP contribution in [0.2, 0.25) is 0 Å². The number of hydrogen-bond donors (Lipinski definition) is 0. The van der Waals surface area contributed by atoms with Crippen LogP contribution in [0.3, 0.4) is 0 Å². The first-order valence-corrected chi connectivity index (χ1v) is 5.19. The quantitative estimate of drug-likeness (QED) is 0.728. The fourth-order valence-electron chi connectivity index (χ4n) is 1.27. The topological polar surface area (TPSA) is 49.6 Å². The molecule has 2 rings (SSSR count). The maximum atomic E-state index is 8.90. The second-order valence-electron chi connectivity index (χ2n) is 2.75. The lowest BCUT2D eigenvalue weighted by molar-refractivity contribution is 1.06. The van der Waals surface area contributed by atoms with E-state index in [0.717, 1.165) is 10.9 Å². The highest BCUT2D eigenvalue weighted by molar-refractivity contribution is 9.08. The summed E-state index contributed by atoms with van der Waals surface area (Å²) in [6.45, 7) is 0. The molecular formula is C10H6BrN3. The molecule has 0 saturated heterocycles. The largest absolute Gasteiger partial charge is 0.232 e. The normalized spacial score (nSPS) is 10.0. The maximum absolute atomic E-state index is 8.90. The first kappa shape index (κ1) is 9.10. The van der Waals surface area contributed by atoms with E-state index in [1.165, 1.54) is 0 Å². The second-order valence-corrected chi connectivity index (χ2v) is 3.31. The van der Waals surface area contributed by atoms with Crippen molar-refractivity contribution in [1.82, 2.24) is 9.97 Å². The molecule has 0 atom stereocenters. The van der Waals surface area contributed by atoms with Crippen LogP contribution in [0.25, 0.3) is 10.9 Å². The molecule has 0 radical (unpaired) electrons. The van der Waals surface area contributed by atoms with Gasteiger partial charge in [0.2, 0.25) is 0 Å². The van der Waals surface area contributed by atoms with E-state index in [2.05, 4.69) is 32.0 Å². The predicted octanol–water partition coefficient (Wildman–Crippen LogP) is 2.40. The third-order valence-electron chi connectivity index (χ3n) is 1.87. The number of aromatic nitrogens is 2. The molecule has 0 saturated carbocycles. The van der Waals surface area contributed by atoms with Gasteiger partial charge in [-0.1, -0.05) is 28.1 Å². The predicted molar refractivity (Wildman–Crippen MR) is 56.9 cm³/mol. The summed E-state index contributed by atoms with van der Waals surface area (Å²) in [5.41, 5.74) is 1.25. The molecule has 0 unspecified atom stereocenters. The van der Waals surface area contributed by atoms with Gasteiger partial charge in [0.05, 0.1) is 10.8 Å². The molecule has 0 aliphatic heterocycles. The van der Waals surface area contributed by atoms with E-state index in [4.69, 9.17) is 5.26 Å². The summed E-state index contributed by atoms with van der Waals surface area (Å²) in [4.78, 5) is 8.41. The molecule has 2 aromatic rings. The smallest absolute Gasteiger partial charge is 0.152 e. The van der Waals surface area contributed by atoms with Gasteiger partial charge in [0.15, 0.2) is 5.69 Å². The number of nitriles is 1. The highest BCUT2D eigenvalue weighted by atomic mass is 79.9. The van der Waals surface area contributed by atoms with Gasteiger partial charge in [-0.2, -0.15) is 5.26 Å². The van der Waals surface area contributed by atoms with Gasteiger partial charge < -0.3 is 0 Å². The van der Waals surface area contributed by atoms with Gasteiger partial charge in [-0.05, 0) is 12.1 Å². The van der Waals surface area contributed by atoms with E-state index in [1.807, 2.05) is 24.3 Å². The summed E-state index contributed by atoms with van der Waals surface area (Å²) in [5.74, 6) is 0.639. The van der Waals surface area contributed by atoms with Gasteiger partial charge in [0.1, 0.15) is 11.9 Å². The fraction of sp³-hybridized carbons (Fsp3) is 0.100. The van der Waals surface area contributed by atoms with Crippen LogP contribution >= 0.6 is 15.9 Å². The Morgan fingerprint density at radius 3 is 2.79 bits per heavy atom. The molecule has 0 aliphatic carbocycles. The number of para-hydroxylation sites is 1. The number of alkyl halides is 1. The minimum Gasteiger partial charge on any atom is -0.232 e. The van der Waals surface area contributed by atoms with Gasteiger partial charge in [-0.3, -0.25) is 0 Å². The van der Waals surface area contributed by atoms with Gasteiger partial charge in [0, 0.05) is 5.39 Å². The van der Waals surface area contributed by atoms with Crippen molar-refractivity contribution in [2.24, 2.45) is 0 Å². The van der Waals surface area contributed by atoms with E-state index in [0.29, 0.717) is 16.8 Å². The maximum Gasteiger partial charge on any atom is 0.152 e. The zero-order valence-corrected chi connectivity index (χ0v) is 8.82. The first-order valence-electron chi connectivity index (χ1n) is 4.07. The Morgan fingerprint density at radius 2 is 2.07 bits per heavy atom. The Morgan fingerprint density at radius 1 is 1.29 bits per heavy atom. The summed E-state index contributed by atoms with van der Waals surface area (Å²) in [6, 6.07) is 9.58. The molecule has 0 aliphatic rings. The van der Waals surface area contributed by atoms with Crippen molar-refractivity contribution in [2.45, 2.75) is 5.33 Å². The second kappa shape index (κ2) is 3.72. The molecule has 3 nitrogen and oxygen atoms in total. The van der Waals surface area contributed by atoms with Crippen molar-refractivity contribution in [2.75, 3.05) is 0 Å². The van der Waals surface area contributed by atoms with Crippen LogP contribution in [0.1, 0.15) is 11.5 Å². The van der Waals surface area contributed by atoms with Crippen LogP contribution in [-0.2, 0) is 5.33 Å². The standard InChI is InChI=1S/C10H6BrN3/c11-5-10-13-8-4-2-1-3-7(8)9(6-12)14-10/h1-4H,5H2. The summed E-state index contributed by atoms with van der Waals surface area (Å²) < 4.78 is 0. The highest BCUT2D eigenvalue weighted by Crippen LogP contribution is 2.15. The van der Waals surface area contributed by atoms with Crippen LogP contribution in [-0.4, -0.2) is 9.97 Å². The van der Waals surface area contributed by atoms with Gasteiger partial charge in [0.25, 0.3) is 0 Å². The number of fused-ring (bicyclic) bond motifs is 1. The van der Waals surface area contributed by atoms with Crippen LogP contribution < -0.4 is 0 Å². The first-order chi connectivity index (χ1) is 6.85. The number of rotatable bonds is 1. The van der Waals surface area contributed by atoms with Crippen LogP contribution in [0.15, 0.2) is 24.3 Å². The fourth-order valence-corrected chi connectivity index (χ4v) is 1.52. The van der Waals surface area contributed by atoms with Gasteiger partial charge in [-0.15, -0.1) is 0 Å². The minimum absolute atomic E-state index is 0.435. The lowest BCUT2D eigenvalue weighted by Crippen LogP contribution is -1.95. The van der Waals surface area contributed by atoms with Gasteiger partial charge >= 0.3 is 0 Å². The molecule has 1 aromatic heterocycles. The van der Waals surface area contributed by atoms with E-state index in [-0.39, 0.29) is 0 Å². The molecule has 0 amide bonds. The monoisotopic (exact) mass is 247 g/mol. The third-order valence-corrected chi connectivity index (χ3v) is 2.38. The number of benzene rings is 1. The molecule has 68 valence electrons. The van der Waals surface area contributed by atoms with E-state index < -0.39 is 0 Å². The van der Waals surface area contributed by atoms with E-state index in [9.17, 15) is 0 Å². The minimum atomic E-state index is 0.435. The molecule has 0 bridgehead atoms. The molecule has 0 N–H and O–H groups in total. The Labute approximate surface area is 89.5 Å². The average Bonchev–Trinajstić information content (AvgIpc) is 2.27. The van der Waals surface area contributed by atoms with Gasteiger partial charge in [-0.25, -0.2) is 9.97 Å². The highest BCUT2D eigenvalue weighted by Gasteiger charge is 2.04. The number of halogens is 1. The molecule has 4 heteroatoms. The Bertz CT molecular complexity index is 516. The summed E-state index contributed by atoms with van der Waals surface area (Å²) in [6.07, 6.45) is 0. The van der Waals surface area contributed by atoms with Crippen molar-refractivity contribution in [1.29, 1.82) is 5.26 Å². The summed E-state index contributed by atoms with van der Waals surface area (Å²) >= 11 is 3.27. The number of hydrogen-bond acceptors (Lipinski definition) is 3. The van der Waals surface area contributed by atoms with Crippen LogP contribution in [0, 0.1) is 11.3 Å². The lowest BCUT2D eigenvalue weighted by Gasteiger charge is -2.00. The van der Waals surface area contributed by atoms with E-state index in [1.54, 1.807) is 0 Å². The van der Waals surface area contributed by atoms with Crippen molar-refractivity contribution in [3.63, 3.8) is 0 Å². The van der Waals surface area contributed by atoms with Crippen LogP contribution in [0.5, 0.6) is 0 Å². The Balaban J connectivity index is 2.82. The Kier molecular flexibility index (Phi) is 2.42. The van der Waals surface area contributed by atoms with Crippen molar-refractivity contribution in [3.05, 3.63) is 35.8 Å². The molecule has 14 heavy (non-hydrogen) atoms. The van der Waals surface area contributed by atoms with Crippen molar-refractivity contribution >= 4 is 26.8 Å². The molecule has 1 heterocycles. The third kappa shape index (κ3) is 1.47. The average molecular weight is 248 g/mol. The molecule has 0 spiro atoms. The molecule has 0 fully saturated rings. The van der Waals surface area contributed by atoms with E-state index >= 15 is 0 Å². The summed E-state index contributed by atoms with van der Waals surface area (Å²) in [5, 5.41) is 10.3. The van der Waals surface area contributed by atoms with Crippen molar-refractivity contribution < 1.29 is 0 Å². The molecular weight excluding hydrogens is 242 g/mol. The lowest BCUT2D eigenvalue weighted by atomic mass is 10.2. The molecule has 1 aromatic carbocycles. The zero-order valence-electron chi connectivity index (χ0n) is 7.24. The zero-order chi connectivity index (χ0) is 9.97. The van der Waals surface area contributed by atoms with Crippen LogP contribution in [0.4, 0.5) is 0 Å².